The molecule has 0 saturated carbocycles. The van der Waals surface area contributed by atoms with Gasteiger partial charge in [0.25, 0.3) is 5.91 Å². The van der Waals surface area contributed by atoms with E-state index in [9.17, 15) is 9.59 Å². The Morgan fingerprint density at radius 1 is 1.03 bits per heavy atom. The van der Waals surface area contributed by atoms with Gasteiger partial charge in [-0.1, -0.05) is 15.9 Å². The van der Waals surface area contributed by atoms with Crippen LogP contribution >= 0.6 is 31.9 Å². The van der Waals surface area contributed by atoms with Gasteiger partial charge < -0.3 is 19.0 Å². The number of nitrogens with zero attached hydrogens (tertiary/aromatic N) is 4. The fourth-order valence-corrected chi connectivity index (χ4v) is 5.52. The Balaban J connectivity index is 1.30. The molecular weight excluding hydrogens is 592 g/mol. The number of benzene rings is 2. The van der Waals surface area contributed by atoms with Gasteiger partial charge in [-0.2, -0.15) is 0 Å². The third-order valence-electron chi connectivity index (χ3n) is 5.99. The summed E-state index contributed by atoms with van der Waals surface area (Å²) in [5.74, 6) is 1.28. The van der Waals surface area contributed by atoms with Gasteiger partial charge in [-0.25, -0.2) is 14.8 Å². The number of piperazine rings is 1. The molecule has 0 atom stereocenters. The summed E-state index contributed by atoms with van der Waals surface area (Å²) in [6.45, 7) is 4.66. The number of halogens is 2. The van der Waals surface area contributed by atoms with Gasteiger partial charge in [0.1, 0.15) is 23.5 Å². The molecule has 4 aromatic rings. The van der Waals surface area contributed by atoms with E-state index in [1.54, 1.807) is 23.4 Å². The molecule has 0 radical (unpaired) electrons. The van der Waals surface area contributed by atoms with Crippen molar-refractivity contribution in [2.45, 2.75) is 6.92 Å². The lowest BCUT2D eigenvalue weighted by molar-refractivity contribution is 0.0742. The Hall–Kier alpha value is -3.24. The van der Waals surface area contributed by atoms with Gasteiger partial charge in [0, 0.05) is 47.7 Å². The van der Waals surface area contributed by atoms with Crippen LogP contribution < -0.4 is 15.3 Å². The summed E-state index contributed by atoms with van der Waals surface area (Å²) in [4.78, 5) is 38.4. The topological polar surface area (TPSA) is 88.8 Å². The second-order valence-corrected chi connectivity index (χ2v) is 10.0. The molecule has 1 aliphatic rings. The van der Waals surface area contributed by atoms with Crippen LogP contribution in [-0.2, 0) is 0 Å². The molecule has 0 spiro atoms. The number of ether oxygens (including phenoxy) is 1. The predicted molar refractivity (Wildman–Crippen MR) is 145 cm³/mol. The van der Waals surface area contributed by atoms with E-state index in [4.69, 9.17) is 9.15 Å². The van der Waals surface area contributed by atoms with Crippen molar-refractivity contribution in [3.05, 3.63) is 79.8 Å². The maximum absolute atomic E-state index is 13.2. The van der Waals surface area contributed by atoms with Gasteiger partial charge in [-0.15, -0.1) is 0 Å². The highest BCUT2D eigenvalue weighted by Crippen LogP contribution is 2.28. The number of carbonyl (C=O) groups is 1. The summed E-state index contributed by atoms with van der Waals surface area (Å²) in [6, 6.07) is 14.9. The molecule has 184 valence electrons. The van der Waals surface area contributed by atoms with Gasteiger partial charge in [0.2, 0.25) is 0 Å². The van der Waals surface area contributed by atoms with Gasteiger partial charge in [-0.05, 0) is 65.3 Å². The van der Waals surface area contributed by atoms with Crippen molar-refractivity contribution >= 4 is 54.6 Å². The minimum atomic E-state index is -0.645. The van der Waals surface area contributed by atoms with Crippen molar-refractivity contribution < 1.29 is 13.9 Å². The molecule has 10 heteroatoms. The van der Waals surface area contributed by atoms with Gasteiger partial charge in [0.05, 0.1) is 16.8 Å². The molecule has 0 N–H and O–H groups in total. The first-order chi connectivity index (χ1) is 17.4. The zero-order valence-corrected chi connectivity index (χ0v) is 22.6. The first-order valence-electron chi connectivity index (χ1n) is 11.5. The van der Waals surface area contributed by atoms with Crippen LogP contribution in [0, 0.1) is 0 Å². The van der Waals surface area contributed by atoms with Crippen LogP contribution in [0.3, 0.4) is 0 Å². The van der Waals surface area contributed by atoms with Crippen LogP contribution in [0.25, 0.3) is 22.2 Å². The number of carbonyl (C=O) groups excluding carboxylic acids is 1. The maximum Gasteiger partial charge on any atom is 0.349 e. The zero-order valence-electron chi connectivity index (χ0n) is 19.4. The molecule has 2 aromatic carbocycles. The van der Waals surface area contributed by atoms with Crippen molar-refractivity contribution in [2.75, 3.05) is 37.7 Å². The molecule has 2 aromatic heterocycles. The number of hydrogen-bond acceptors (Lipinski definition) is 7. The highest BCUT2D eigenvalue weighted by Gasteiger charge is 2.26. The molecule has 1 saturated heterocycles. The minimum absolute atomic E-state index is 0.0285. The fourth-order valence-electron chi connectivity index (χ4n) is 4.18. The summed E-state index contributed by atoms with van der Waals surface area (Å²) >= 11 is 6.83. The van der Waals surface area contributed by atoms with Gasteiger partial charge in [-0.3, -0.25) is 4.79 Å². The van der Waals surface area contributed by atoms with Gasteiger partial charge in [0.15, 0.2) is 5.58 Å². The molecule has 0 unspecified atom stereocenters. The van der Waals surface area contributed by atoms with E-state index in [1.165, 1.54) is 0 Å². The SMILES string of the molecule is CCOc1ccc(-c2cc(N3CCN(C(=O)c4cc5cc(Br)cc(Br)c5oc4=O)CC3)ncn2)cc1. The van der Waals surface area contributed by atoms with E-state index in [-0.39, 0.29) is 11.5 Å². The van der Waals surface area contributed by atoms with E-state index in [2.05, 4.69) is 46.7 Å². The Labute approximate surface area is 224 Å². The smallest absolute Gasteiger partial charge is 0.349 e. The first kappa shape index (κ1) is 24.5. The molecule has 1 fully saturated rings. The van der Waals surface area contributed by atoms with Crippen LogP contribution in [0.1, 0.15) is 17.3 Å². The Kier molecular flexibility index (Phi) is 7.06. The second kappa shape index (κ2) is 10.4. The number of anilines is 1. The van der Waals surface area contributed by atoms with Crippen molar-refractivity contribution in [1.82, 2.24) is 14.9 Å². The quantitative estimate of drug-likeness (QED) is 0.288. The van der Waals surface area contributed by atoms with Crippen molar-refractivity contribution in [1.29, 1.82) is 0 Å². The van der Waals surface area contributed by atoms with Gasteiger partial charge >= 0.3 is 5.63 Å². The molecule has 0 bridgehead atoms. The highest BCUT2D eigenvalue weighted by molar-refractivity contribution is 9.11. The summed E-state index contributed by atoms with van der Waals surface area (Å²) in [6.07, 6.45) is 1.55. The maximum atomic E-state index is 13.2. The molecule has 1 aliphatic heterocycles. The average molecular weight is 614 g/mol. The van der Waals surface area contributed by atoms with Crippen LogP contribution in [0.15, 0.2) is 73.0 Å². The van der Waals surface area contributed by atoms with E-state index >= 15 is 0 Å². The zero-order chi connectivity index (χ0) is 25.2. The summed E-state index contributed by atoms with van der Waals surface area (Å²) < 4.78 is 12.4. The van der Waals surface area contributed by atoms with Crippen molar-refractivity contribution in [2.24, 2.45) is 0 Å². The lowest BCUT2D eigenvalue weighted by atomic mass is 10.1. The Morgan fingerprint density at radius 2 is 1.78 bits per heavy atom. The second-order valence-electron chi connectivity index (χ2n) is 8.25. The summed E-state index contributed by atoms with van der Waals surface area (Å²) in [7, 11) is 0. The molecule has 5 rings (SSSR count). The minimum Gasteiger partial charge on any atom is -0.494 e. The highest BCUT2D eigenvalue weighted by atomic mass is 79.9. The number of aromatic nitrogens is 2. The Morgan fingerprint density at radius 3 is 2.50 bits per heavy atom. The van der Waals surface area contributed by atoms with E-state index < -0.39 is 5.63 Å². The predicted octanol–water partition coefficient (Wildman–Crippen LogP) is 5.14. The van der Waals surface area contributed by atoms with Crippen LogP contribution in [-0.4, -0.2) is 53.6 Å². The molecule has 8 nitrogen and oxygen atoms in total. The molecule has 3 heterocycles. The fraction of sp³-hybridized carbons (Fsp3) is 0.231. The monoisotopic (exact) mass is 612 g/mol. The lowest BCUT2D eigenvalue weighted by Gasteiger charge is -2.35. The molecule has 1 amide bonds. The van der Waals surface area contributed by atoms with Crippen molar-refractivity contribution in [3.8, 4) is 17.0 Å². The summed E-state index contributed by atoms with van der Waals surface area (Å²) in [5.41, 5.74) is 1.58. The summed E-state index contributed by atoms with van der Waals surface area (Å²) in [5, 5.41) is 0.667. The number of rotatable bonds is 5. The first-order valence-corrected chi connectivity index (χ1v) is 13.0. The van der Waals surface area contributed by atoms with Crippen LogP contribution in [0.2, 0.25) is 0 Å². The largest absolute Gasteiger partial charge is 0.494 e. The Bertz CT molecular complexity index is 1480. The van der Waals surface area contributed by atoms with Crippen LogP contribution in [0.4, 0.5) is 5.82 Å². The standard InChI is InChI=1S/C26H22Br2N4O4/c1-2-35-19-5-3-16(4-6-19)22-14-23(30-15-29-22)31-7-9-32(10-8-31)25(33)20-12-17-11-18(27)13-21(28)24(17)36-26(20)34/h3-6,11-15H,2,7-10H2,1H3. The molecular formula is C26H22Br2N4O4. The number of amides is 1. The van der Waals surface area contributed by atoms with Crippen molar-refractivity contribution in [3.63, 3.8) is 0 Å². The average Bonchev–Trinajstić information content (AvgIpc) is 2.89. The van der Waals surface area contributed by atoms with Crippen LogP contribution in [0.5, 0.6) is 5.75 Å². The molecule has 36 heavy (non-hydrogen) atoms. The normalized spacial score (nSPS) is 13.8. The van der Waals surface area contributed by atoms with E-state index in [1.807, 2.05) is 43.3 Å². The van der Waals surface area contributed by atoms with E-state index in [0.717, 1.165) is 27.3 Å². The van der Waals surface area contributed by atoms with E-state index in [0.29, 0.717) is 48.2 Å². The number of hydrogen-bond donors (Lipinski definition) is 0. The lowest BCUT2D eigenvalue weighted by Crippen LogP contribution is -2.49. The molecule has 0 aliphatic carbocycles. The third-order valence-corrected chi connectivity index (χ3v) is 7.03. The number of fused-ring (bicyclic) bond motifs is 1. The third kappa shape index (κ3) is 5.01.